The first-order valence-corrected chi connectivity index (χ1v) is 6.45. The third kappa shape index (κ3) is 4.57. The third-order valence-electron chi connectivity index (χ3n) is 3.27. The van der Waals surface area contributed by atoms with Gasteiger partial charge < -0.3 is 14.8 Å². The fourth-order valence-corrected chi connectivity index (χ4v) is 1.51. The second-order valence-corrected chi connectivity index (χ2v) is 6.03. The van der Waals surface area contributed by atoms with Gasteiger partial charge in [0.05, 0.1) is 11.2 Å². The highest BCUT2D eigenvalue weighted by molar-refractivity contribution is 6.60. The molecule has 0 atom stereocenters. The van der Waals surface area contributed by atoms with E-state index in [2.05, 4.69) is 4.98 Å². The van der Waals surface area contributed by atoms with Gasteiger partial charge in [0, 0.05) is 0 Å². The van der Waals surface area contributed by atoms with Gasteiger partial charge in [-0.15, -0.1) is 0 Å². The Bertz CT molecular complexity index is 517. The summed E-state index contributed by atoms with van der Waals surface area (Å²) in [5, 5.41) is 19.5. The molecule has 4 nitrogen and oxygen atoms in total. The first-order chi connectivity index (χ1) is 9.24. The maximum Gasteiger partial charge on any atom is 0.491 e. The number of rotatable bonds is 4. The van der Waals surface area contributed by atoms with E-state index in [9.17, 15) is 23.3 Å². The van der Waals surface area contributed by atoms with E-state index in [4.69, 9.17) is 16.3 Å². The molecule has 0 saturated carbocycles. The average Bonchev–Trinajstić information content (AvgIpc) is 2.24. The maximum absolute atomic E-state index is 12.7. The molecule has 118 valence electrons. The van der Waals surface area contributed by atoms with Crippen molar-refractivity contribution in [3.63, 3.8) is 0 Å². The van der Waals surface area contributed by atoms with Gasteiger partial charge >= 0.3 is 13.3 Å². The van der Waals surface area contributed by atoms with E-state index in [-0.39, 0.29) is 5.46 Å². The molecule has 9 heteroatoms. The largest absolute Gasteiger partial charge is 0.491 e. The highest BCUT2D eigenvalue weighted by Gasteiger charge is 2.40. The molecule has 0 radical (unpaired) electrons. The molecular formula is C12H16BClF3NO3. The van der Waals surface area contributed by atoms with Gasteiger partial charge in [0.2, 0.25) is 0 Å². The Balaban J connectivity index is 3.09. The third-order valence-corrected chi connectivity index (χ3v) is 3.47. The van der Waals surface area contributed by atoms with Gasteiger partial charge in [0.25, 0.3) is 0 Å². The minimum atomic E-state index is -4.69. The summed E-state index contributed by atoms with van der Waals surface area (Å²) < 4.78 is 43.2. The van der Waals surface area contributed by atoms with Crippen molar-refractivity contribution in [3.05, 3.63) is 23.0 Å². The predicted molar refractivity (Wildman–Crippen MR) is 73.3 cm³/mol. The molecule has 0 amide bonds. The number of pyridine rings is 1. The van der Waals surface area contributed by atoms with Crippen LogP contribution in [0.2, 0.25) is 5.15 Å². The van der Waals surface area contributed by atoms with Crippen LogP contribution in [0.3, 0.4) is 0 Å². The Labute approximate surface area is 126 Å². The standard InChI is InChI=1S/C12H16BClF3NO3/c1-10(2,19)11(3,4)21-13(20)7-5-8(12(15,16)17)18-9(14)6-7/h5-6,19-20H,1-4H3. The number of halogens is 4. The van der Waals surface area contributed by atoms with Crippen LogP contribution in [0.1, 0.15) is 33.4 Å². The number of hydrogen-bond acceptors (Lipinski definition) is 4. The van der Waals surface area contributed by atoms with Gasteiger partial charge in [0.1, 0.15) is 10.8 Å². The highest BCUT2D eigenvalue weighted by atomic mass is 35.5. The molecule has 0 saturated heterocycles. The SMILES string of the molecule is CC(C)(O)C(C)(C)OB(O)c1cc(Cl)nc(C(F)(F)F)c1. The lowest BCUT2D eigenvalue weighted by Crippen LogP contribution is -2.53. The van der Waals surface area contributed by atoms with Crippen LogP contribution in [0.5, 0.6) is 0 Å². The summed E-state index contributed by atoms with van der Waals surface area (Å²) in [6, 6.07) is 1.72. The minimum Gasteiger partial charge on any atom is -0.423 e. The van der Waals surface area contributed by atoms with Crippen LogP contribution in [0.4, 0.5) is 13.2 Å². The van der Waals surface area contributed by atoms with E-state index in [0.717, 1.165) is 6.07 Å². The second kappa shape index (κ2) is 5.76. The maximum atomic E-state index is 12.7. The molecule has 0 aliphatic carbocycles. The monoisotopic (exact) mass is 325 g/mol. The van der Waals surface area contributed by atoms with E-state index >= 15 is 0 Å². The number of aromatic nitrogens is 1. The first kappa shape index (κ1) is 18.2. The molecule has 1 aromatic heterocycles. The summed E-state index contributed by atoms with van der Waals surface area (Å²) in [5.74, 6) is 0. The Morgan fingerprint density at radius 1 is 1.19 bits per heavy atom. The number of alkyl halides is 3. The van der Waals surface area contributed by atoms with Crippen LogP contribution in [0.25, 0.3) is 0 Å². The van der Waals surface area contributed by atoms with E-state index < -0.39 is 35.3 Å². The number of aliphatic hydroxyl groups is 1. The topological polar surface area (TPSA) is 62.6 Å². The van der Waals surface area contributed by atoms with Crippen LogP contribution >= 0.6 is 11.6 Å². The molecule has 0 spiro atoms. The van der Waals surface area contributed by atoms with Crippen molar-refractivity contribution in [1.29, 1.82) is 0 Å². The fraction of sp³-hybridized carbons (Fsp3) is 0.583. The molecule has 0 fully saturated rings. The molecule has 0 unspecified atom stereocenters. The Morgan fingerprint density at radius 3 is 2.14 bits per heavy atom. The lowest BCUT2D eigenvalue weighted by Gasteiger charge is -2.38. The lowest BCUT2D eigenvalue weighted by atomic mass is 9.76. The van der Waals surface area contributed by atoms with Crippen LogP contribution in [0, 0.1) is 0 Å². The minimum absolute atomic E-state index is 0.195. The molecule has 1 heterocycles. The zero-order valence-corrected chi connectivity index (χ0v) is 12.7. The van der Waals surface area contributed by atoms with Crippen molar-refractivity contribution < 1.29 is 28.0 Å². The van der Waals surface area contributed by atoms with Crippen molar-refractivity contribution in [2.45, 2.75) is 45.1 Å². The van der Waals surface area contributed by atoms with Crippen LogP contribution in [-0.4, -0.2) is 33.4 Å². The molecule has 0 aliphatic heterocycles. The smallest absolute Gasteiger partial charge is 0.423 e. The molecule has 0 bridgehead atoms. The molecule has 0 aromatic carbocycles. The normalized spacial score (nSPS) is 13.4. The van der Waals surface area contributed by atoms with Crippen LogP contribution in [0.15, 0.2) is 12.1 Å². The summed E-state index contributed by atoms with van der Waals surface area (Å²) in [6.45, 7) is 5.92. The predicted octanol–water partition coefficient (Wildman–Crippen LogP) is 2.01. The zero-order chi connectivity index (χ0) is 16.6. The summed E-state index contributed by atoms with van der Waals surface area (Å²) >= 11 is 5.53. The van der Waals surface area contributed by atoms with Crippen molar-refractivity contribution >= 4 is 24.2 Å². The van der Waals surface area contributed by atoms with Gasteiger partial charge in [-0.05, 0) is 45.3 Å². The van der Waals surface area contributed by atoms with Gasteiger partial charge in [-0.3, -0.25) is 0 Å². The van der Waals surface area contributed by atoms with Crippen molar-refractivity contribution in [3.8, 4) is 0 Å². The summed E-state index contributed by atoms with van der Waals surface area (Å²) in [4.78, 5) is 3.16. The van der Waals surface area contributed by atoms with Crippen LogP contribution < -0.4 is 5.46 Å². The van der Waals surface area contributed by atoms with E-state index in [1.807, 2.05) is 0 Å². The number of nitrogens with zero attached hydrogens (tertiary/aromatic N) is 1. The second-order valence-electron chi connectivity index (χ2n) is 5.65. The van der Waals surface area contributed by atoms with E-state index in [0.29, 0.717) is 6.07 Å². The van der Waals surface area contributed by atoms with Gasteiger partial charge in [-0.2, -0.15) is 13.2 Å². The van der Waals surface area contributed by atoms with Crippen molar-refractivity contribution in [2.75, 3.05) is 0 Å². The zero-order valence-electron chi connectivity index (χ0n) is 12.0. The Hall–Kier alpha value is -0.825. The lowest BCUT2D eigenvalue weighted by molar-refractivity contribution is -0.141. The summed E-state index contributed by atoms with van der Waals surface area (Å²) in [7, 11) is -1.69. The molecule has 1 rings (SSSR count). The molecule has 0 aliphatic rings. The molecular weight excluding hydrogens is 309 g/mol. The van der Waals surface area contributed by atoms with Gasteiger partial charge in [-0.25, -0.2) is 4.98 Å². The molecule has 2 N–H and O–H groups in total. The quantitative estimate of drug-likeness (QED) is 0.656. The molecule has 1 aromatic rings. The average molecular weight is 326 g/mol. The highest BCUT2D eigenvalue weighted by Crippen LogP contribution is 2.29. The van der Waals surface area contributed by atoms with Gasteiger partial charge in [-0.1, -0.05) is 11.6 Å². The van der Waals surface area contributed by atoms with E-state index in [1.165, 1.54) is 27.7 Å². The van der Waals surface area contributed by atoms with Gasteiger partial charge in [0.15, 0.2) is 0 Å². The fourth-order valence-electron chi connectivity index (χ4n) is 1.30. The Kier molecular flexibility index (Phi) is 4.99. The van der Waals surface area contributed by atoms with Crippen molar-refractivity contribution in [2.24, 2.45) is 0 Å². The summed E-state index contributed by atoms with van der Waals surface area (Å²) in [5.41, 5.74) is -3.95. The summed E-state index contributed by atoms with van der Waals surface area (Å²) in [6.07, 6.45) is -4.69. The van der Waals surface area contributed by atoms with Crippen molar-refractivity contribution in [1.82, 2.24) is 4.98 Å². The first-order valence-electron chi connectivity index (χ1n) is 6.07. The Morgan fingerprint density at radius 2 is 1.71 bits per heavy atom. The van der Waals surface area contributed by atoms with E-state index in [1.54, 1.807) is 0 Å². The van der Waals surface area contributed by atoms with Crippen LogP contribution in [-0.2, 0) is 10.8 Å². The molecule has 21 heavy (non-hydrogen) atoms. The number of hydrogen-bond donors (Lipinski definition) is 2.